The maximum Gasteiger partial charge on any atom is 0.261 e. The van der Waals surface area contributed by atoms with Crippen LogP contribution in [-0.2, 0) is 4.74 Å². The number of ether oxygens (including phenoxy) is 1. The average Bonchev–Trinajstić information content (AvgIpc) is 3.01. The maximum absolute atomic E-state index is 11.7. The van der Waals surface area contributed by atoms with E-state index in [2.05, 4.69) is 17.4 Å². The lowest BCUT2D eigenvalue weighted by atomic mass is 10.1. The molecule has 0 radical (unpaired) electrons. The van der Waals surface area contributed by atoms with Gasteiger partial charge in [0, 0.05) is 13.2 Å². The third-order valence-electron chi connectivity index (χ3n) is 2.99. The maximum atomic E-state index is 11.7. The van der Waals surface area contributed by atoms with Crippen molar-refractivity contribution in [3.8, 4) is 0 Å². The van der Waals surface area contributed by atoms with Gasteiger partial charge < -0.3 is 10.1 Å². The van der Waals surface area contributed by atoms with Gasteiger partial charge in [-0.2, -0.15) is 0 Å². The molecule has 106 valence electrons. The van der Waals surface area contributed by atoms with Gasteiger partial charge in [-0.25, -0.2) is 0 Å². The highest BCUT2D eigenvalue weighted by atomic mass is 32.1. The van der Waals surface area contributed by atoms with Crippen LogP contribution in [0, 0.1) is 0 Å². The Balaban J connectivity index is 1.61. The van der Waals surface area contributed by atoms with Crippen LogP contribution in [0.4, 0.5) is 0 Å². The molecule has 1 aromatic carbocycles. The molecule has 0 aliphatic rings. The van der Waals surface area contributed by atoms with Gasteiger partial charge in [0.05, 0.1) is 11.0 Å². The van der Waals surface area contributed by atoms with E-state index in [-0.39, 0.29) is 12.0 Å². The number of rotatable bonds is 7. The number of nitrogens with one attached hydrogen (secondary N) is 1. The lowest BCUT2D eigenvalue weighted by molar-refractivity contribution is 0.0635. The van der Waals surface area contributed by atoms with Gasteiger partial charge in [0.15, 0.2) is 0 Å². The number of hydrogen-bond acceptors (Lipinski definition) is 3. The Morgan fingerprint density at radius 2 is 2.05 bits per heavy atom. The van der Waals surface area contributed by atoms with E-state index < -0.39 is 0 Å². The smallest absolute Gasteiger partial charge is 0.261 e. The van der Waals surface area contributed by atoms with Crippen molar-refractivity contribution in [2.75, 3.05) is 13.2 Å². The first kappa shape index (κ1) is 14.8. The van der Waals surface area contributed by atoms with Crippen LogP contribution < -0.4 is 5.32 Å². The van der Waals surface area contributed by atoms with Crippen LogP contribution in [-0.4, -0.2) is 19.1 Å². The highest BCUT2D eigenvalue weighted by Crippen LogP contribution is 2.15. The molecular weight excluding hydrogens is 270 g/mol. The number of benzene rings is 1. The zero-order chi connectivity index (χ0) is 14.2. The Hall–Kier alpha value is -1.65. The van der Waals surface area contributed by atoms with Crippen molar-refractivity contribution in [2.24, 2.45) is 0 Å². The molecule has 1 unspecified atom stereocenters. The molecule has 1 heterocycles. The van der Waals surface area contributed by atoms with E-state index >= 15 is 0 Å². The summed E-state index contributed by atoms with van der Waals surface area (Å²) in [7, 11) is 0. The molecule has 0 saturated carbocycles. The van der Waals surface area contributed by atoms with Gasteiger partial charge in [0.2, 0.25) is 0 Å². The predicted molar refractivity (Wildman–Crippen MR) is 82.1 cm³/mol. The molecule has 1 N–H and O–H groups in total. The second-order valence-electron chi connectivity index (χ2n) is 4.51. The molecule has 0 fully saturated rings. The topological polar surface area (TPSA) is 38.3 Å². The minimum atomic E-state index is -0.00360. The quantitative estimate of drug-likeness (QED) is 0.790. The van der Waals surface area contributed by atoms with E-state index in [1.807, 2.05) is 42.6 Å². The molecule has 0 aliphatic heterocycles. The average molecular weight is 289 g/mol. The fraction of sp³-hybridized carbons (Fsp3) is 0.312. The van der Waals surface area contributed by atoms with Crippen LogP contribution >= 0.6 is 11.3 Å². The van der Waals surface area contributed by atoms with Crippen molar-refractivity contribution >= 4 is 17.2 Å². The second kappa shape index (κ2) is 7.82. The Kier molecular flexibility index (Phi) is 5.77. The van der Waals surface area contributed by atoms with Crippen molar-refractivity contribution in [1.29, 1.82) is 0 Å². The summed E-state index contributed by atoms with van der Waals surface area (Å²) in [6.07, 6.45) is 0.901. The zero-order valence-corrected chi connectivity index (χ0v) is 12.4. The lowest BCUT2D eigenvalue weighted by Crippen LogP contribution is -2.24. The highest BCUT2D eigenvalue weighted by Gasteiger charge is 2.06. The van der Waals surface area contributed by atoms with Crippen LogP contribution in [0.1, 0.15) is 34.7 Å². The predicted octanol–water partition coefficient (Wildman–Crippen LogP) is 3.65. The molecule has 3 nitrogen and oxygen atoms in total. The molecule has 2 aromatic rings. The van der Waals surface area contributed by atoms with Crippen molar-refractivity contribution in [1.82, 2.24) is 5.32 Å². The summed E-state index contributed by atoms with van der Waals surface area (Å²) in [6, 6.07) is 13.8. The molecule has 1 aromatic heterocycles. The largest absolute Gasteiger partial charge is 0.374 e. The Morgan fingerprint density at radius 3 is 2.75 bits per heavy atom. The summed E-state index contributed by atoms with van der Waals surface area (Å²) in [6.45, 7) is 3.32. The van der Waals surface area contributed by atoms with E-state index in [0.29, 0.717) is 13.2 Å². The van der Waals surface area contributed by atoms with Crippen LogP contribution in [0.5, 0.6) is 0 Å². The first-order chi connectivity index (χ1) is 9.77. The van der Waals surface area contributed by atoms with E-state index in [1.54, 1.807) is 0 Å². The fourth-order valence-electron chi connectivity index (χ4n) is 1.85. The van der Waals surface area contributed by atoms with E-state index in [1.165, 1.54) is 16.9 Å². The first-order valence-electron chi connectivity index (χ1n) is 6.75. The molecular formula is C16H19NO2S. The van der Waals surface area contributed by atoms with Crippen molar-refractivity contribution in [2.45, 2.75) is 19.4 Å². The summed E-state index contributed by atoms with van der Waals surface area (Å²) >= 11 is 1.45. The molecule has 1 atom stereocenters. The summed E-state index contributed by atoms with van der Waals surface area (Å²) in [5.41, 5.74) is 1.18. The van der Waals surface area contributed by atoms with Crippen molar-refractivity contribution in [3.05, 3.63) is 58.3 Å². The summed E-state index contributed by atoms with van der Waals surface area (Å²) < 4.78 is 5.75. The van der Waals surface area contributed by atoms with Gasteiger partial charge in [-0.3, -0.25) is 4.79 Å². The molecule has 1 amide bonds. The van der Waals surface area contributed by atoms with Gasteiger partial charge in [-0.1, -0.05) is 36.4 Å². The number of thiophene rings is 1. The minimum Gasteiger partial charge on any atom is -0.374 e. The molecule has 0 aliphatic carbocycles. The second-order valence-corrected chi connectivity index (χ2v) is 5.46. The number of carbonyl (C=O) groups excluding carboxylic acids is 1. The number of carbonyl (C=O) groups is 1. The van der Waals surface area contributed by atoms with E-state index in [9.17, 15) is 4.79 Å². The summed E-state index contributed by atoms with van der Waals surface area (Å²) in [4.78, 5) is 12.4. The van der Waals surface area contributed by atoms with E-state index in [4.69, 9.17) is 4.74 Å². The Bertz CT molecular complexity index is 511. The van der Waals surface area contributed by atoms with E-state index in [0.717, 1.165) is 11.3 Å². The third-order valence-corrected chi connectivity index (χ3v) is 3.86. The molecule has 0 bridgehead atoms. The van der Waals surface area contributed by atoms with Crippen LogP contribution in [0.25, 0.3) is 0 Å². The fourth-order valence-corrected chi connectivity index (χ4v) is 2.49. The monoisotopic (exact) mass is 289 g/mol. The first-order valence-corrected chi connectivity index (χ1v) is 7.63. The molecule has 0 saturated heterocycles. The van der Waals surface area contributed by atoms with Crippen LogP contribution in [0.3, 0.4) is 0 Å². The minimum absolute atomic E-state index is 0.00360. The number of amides is 1. The van der Waals surface area contributed by atoms with Crippen LogP contribution in [0.15, 0.2) is 47.8 Å². The Morgan fingerprint density at radius 1 is 1.25 bits per heavy atom. The number of hydrogen-bond donors (Lipinski definition) is 1. The van der Waals surface area contributed by atoms with Gasteiger partial charge in [0.1, 0.15) is 0 Å². The highest BCUT2D eigenvalue weighted by molar-refractivity contribution is 7.12. The zero-order valence-electron chi connectivity index (χ0n) is 11.5. The van der Waals surface area contributed by atoms with Gasteiger partial charge >= 0.3 is 0 Å². The van der Waals surface area contributed by atoms with Crippen molar-refractivity contribution < 1.29 is 9.53 Å². The molecule has 20 heavy (non-hydrogen) atoms. The molecule has 0 spiro atoms. The van der Waals surface area contributed by atoms with Gasteiger partial charge in [-0.05, 0) is 30.4 Å². The molecule has 2 rings (SSSR count). The standard InChI is InChI=1S/C16H19NO2S/c1-13(14-7-3-2-4-8-14)19-11-6-10-17-16(18)15-9-5-12-20-15/h2-5,7-9,12-13H,6,10-11H2,1H3,(H,17,18). The van der Waals surface area contributed by atoms with Gasteiger partial charge in [0.25, 0.3) is 5.91 Å². The third kappa shape index (κ3) is 4.47. The summed E-state index contributed by atoms with van der Waals surface area (Å²) in [5.74, 6) is -0.00360. The van der Waals surface area contributed by atoms with Gasteiger partial charge in [-0.15, -0.1) is 11.3 Å². The Labute approximate surface area is 123 Å². The van der Waals surface area contributed by atoms with Crippen molar-refractivity contribution in [3.63, 3.8) is 0 Å². The normalized spacial score (nSPS) is 12.1. The SMILES string of the molecule is CC(OCCCNC(=O)c1cccs1)c1ccccc1. The summed E-state index contributed by atoms with van der Waals surface area (Å²) in [5, 5.41) is 4.79. The molecule has 4 heteroatoms. The van der Waals surface area contributed by atoms with Crippen LogP contribution in [0.2, 0.25) is 0 Å². The lowest BCUT2D eigenvalue weighted by Gasteiger charge is -2.13.